The Balaban J connectivity index is 0.00000312. The van der Waals surface area contributed by atoms with Gasteiger partial charge in [0, 0.05) is 37.0 Å². The van der Waals surface area contributed by atoms with Crippen LogP contribution in [-0.2, 0) is 11.2 Å². The molecule has 0 saturated carbocycles. The molecule has 0 aliphatic rings. The number of nitrogens with zero attached hydrogens (tertiary/aromatic N) is 1. The summed E-state index contributed by atoms with van der Waals surface area (Å²) in [5, 5.41) is 5.60. The first kappa shape index (κ1) is 23.9. The average molecular weight is 399 g/mol. The van der Waals surface area contributed by atoms with Crippen LogP contribution in [0, 0.1) is 0 Å². The number of halogens is 2. The molecule has 1 heterocycles. The monoisotopic (exact) mass is 398 g/mol. The van der Waals surface area contributed by atoms with E-state index in [-0.39, 0.29) is 42.7 Å². The molecule has 0 radical (unpaired) electrons. The lowest BCUT2D eigenvalue weighted by Crippen LogP contribution is -2.51. The number of carbonyl (C=O) groups is 2. The minimum absolute atomic E-state index is 0. The van der Waals surface area contributed by atoms with Crippen LogP contribution in [0.1, 0.15) is 22.8 Å². The first-order valence-corrected chi connectivity index (χ1v) is 7.85. The standard InChI is InChI=1S/C18H22N4O2.2ClH/c1-13(11-19)21-18(24)16(10-14-6-5-9-20-12-14)22-17(23)15-7-3-2-4-8-15;;/h2-9,12-13,16H,10-11,19H2,1H3,(H,21,24)(H,22,23);2*1H/t13-,16?;;/m0../s1. The number of benzene rings is 1. The summed E-state index contributed by atoms with van der Waals surface area (Å²) >= 11 is 0. The van der Waals surface area contributed by atoms with Crippen LogP contribution in [0.25, 0.3) is 0 Å². The molecule has 1 aromatic heterocycles. The van der Waals surface area contributed by atoms with Crippen molar-refractivity contribution in [3.63, 3.8) is 0 Å². The third-order valence-electron chi connectivity index (χ3n) is 3.56. The van der Waals surface area contributed by atoms with Crippen molar-refractivity contribution in [2.24, 2.45) is 5.73 Å². The molecule has 0 saturated heterocycles. The summed E-state index contributed by atoms with van der Waals surface area (Å²) in [4.78, 5) is 28.9. The highest BCUT2D eigenvalue weighted by molar-refractivity contribution is 5.97. The number of pyridine rings is 1. The van der Waals surface area contributed by atoms with E-state index in [0.29, 0.717) is 18.5 Å². The number of nitrogens with two attached hydrogens (primary N) is 1. The predicted molar refractivity (Wildman–Crippen MR) is 107 cm³/mol. The van der Waals surface area contributed by atoms with Crippen LogP contribution in [0.15, 0.2) is 54.9 Å². The van der Waals surface area contributed by atoms with Gasteiger partial charge in [0.15, 0.2) is 0 Å². The lowest BCUT2D eigenvalue weighted by molar-refractivity contribution is -0.123. The van der Waals surface area contributed by atoms with Crippen LogP contribution in [0.5, 0.6) is 0 Å². The third-order valence-corrected chi connectivity index (χ3v) is 3.56. The van der Waals surface area contributed by atoms with Gasteiger partial charge in [-0.1, -0.05) is 24.3 Å². The van der Waals surface area contributed by atoms with Gasteiger partial charge in [-0.05, 0) is 30.7 Å². The molecule has 26 heavy (non-hydrogen) atoms. The molecule has 142 valence electrons. The van der Waals surface area contributed by atoms with E-state index in [1.165, 1.54) is 0 Å². The molecule has 0 spiro atoms. The van der Waals surface area contributed by atoms with Gasteiger partial charge >= 0.3 is 0 Å². The van der Waals surface area contributed by atoms with Gasteiger partial charge in [-0.15, -0.1) is 24.8 Å². The summed E-state index contributed by atoms with van der Waals surface area (Å²) in [6, 6.07) is 11.6. The number of amides is 2. The Morgan fingerprint density at radius 2 is 1.77 bits per heavy atom. The largest absolute Gasteiger partial charge is 0.351 e. The lowest BCUT2D eigenvalue weighted by atomic mass is 10.1. The molecule has 1 unspecified atom stereocenters. The van der Waals surface area contributed by atoms with Gasteiger partial charge in [0.1, 0.15) is 6.04 Å². The molecule has 2 rings (SSSR count). The Kier molecular flexibility index (Phi) is 11.2. The zero-order chi connectivity index (χ0) is 17.4. The van der Waals surface area contributed by atoms with E-state index in [1.54, 1.807) is 42.7 Å². The summed E-state index contributed by atoms with van der Waals surface area (Å²) in [7, 11) is 0. The SMILES string of the molecule is C[C@@H](CN)NC(=O)C(Cc1cccnc1)NC(=O)c1ccccc1.Cl.Cl. The van der Waals surface area contributed by atoms with Crippen LogP contribution in [0.4, 0.5) is 0 Å². The molecule has 4 N–H and O–H groups in total. The highest BCUT2D eigenvalue weighted by atomic mass is 35.5. The van der Waals surface area contributed by atoms with E-state index < -0.39 is 6.04 Å². The second kappa shape index (κ2) is 12.2. The smallest absolute Gasteiger partial charge is 0.251 e. The van der Waals surface area contributed by atoms with Crippen molar-refractivity contribution >= 4 is 36.6 Å². The van der Waals surface area contributed by atoms with Gasteiger partial charge in [0.05, 0.1) is 0 Å². The summed E-state index contributed by atoms with van der Waals surface area (Å²) in [6.45, 7) is 2.15. The van der Waals surface area contributed by atoms with Crippen LogP contribution < -0.4 is 16.4 Å². The van der Waals surface area contributed by atoms with Crippen molar-refractivity contribution in [1.29, 1.82) is 0 Å². The van der Waals surface area contributed by atoms with Crippen molar-refractivity contribution in [3.05, 3.63) is 66.0 Å². The maximum Gasteiger partial charge on any atom is 0.251 e. The number of hydrogen-bond acceptors (Lipinski definition) is 4. The molecular formula is C18H24Cl2N4O2. The second-order valence-corrected chi connectivity index (χ2v) is 5.60. The molecule has 0 bridgehead atoms. The maximum atomic E-state index is 12.5. The fraction of sp³-hybridized carbons (Fsp3) is 0.278. The topological polar surface area (TPSA) is 97.1 Å². The highest BCUT2D eigenvalue weighted by Gasteiger charge is 2.23. The lowest BCUT2D eigenvalue weighted by Gasteiger charge is -2.21. The van der Waals surface area contributed by atoms with Gasteiger partial charge in [-0.25, -0.2) is 0 Å². The summed E-state index contributed by atoms with van der Waals surface area (Å²) in [5.41, 5.74) is 6.93. The third kappa shape index (κ3) is 7.39. The Hall–Kier alpha value is -2.15. The van der Waals surface area contributed by atoms with E-state index in [9.17, 15) is 9.59 Å². The molecular weight excluding hydrogens is 375 g/mol. The van der Waals surface area contributed by atoms with Gasteiger partial charge in [0.25, 0.3) is 5.91 Å². The summed E-state index contributed by atoms with van der Waals surface area (Å²) in [5.74, 6) is -0.555. The zero-order valence-corrected chi connectivity index (χ0v) is 16.1. The Labute approximate surface area is 165 Å². The first-order valence-electron chi connectivity index (χ1n) is 7.85. The zero-order valence-electron chi connectivity index (χ0n) is 14.4. The quantitative estimate of drug-likeness (QED) is 0.661. The number of carbonyl (C=O) groups excluding carboxylic acids is 2. The minimum Gasteiger partial charge on any atom is -0.351 e. The summed E-state index contributed by atoms with van der Waals surface area (Å²) < 4.78 is 0. The van der Waals surface area contributed by atoms with Crippen molar-refractivity contribution < 1.29 is 9.59 Å². The predicted octanol–water partition coefficient (Wildman–Crippen LogP) is 1.73. The normalized spacial score (nSPS) is 11.9. The molecule has 6 nitrogen and oxygen atoms in total. The number of aromatic nitrogens is 1. The van der Waals surface area contributed by atoms with Gasteiger partial charge in [0.2, 0.25) is 5.91 Å². The first-order chi connectivity index (χ1) is 11.6. The maximum absolute atomic E-state index is 12.5. The second-order valence-electron chi connectivity index (χ2n) is 5.60. The molecule has 2 aromatic rings. The average Bonchev–Trinajstić information content (AvgIpc) is 2.62. The Morgan fingerprint density at radius 1 is 1.08 bits per heavy atom. The summed E-state index contributed by atoms with van der Waals surface area (Å²) in [6.07, 6.45) is 3.70. The molecule has 2 amide bonds. The van der Waals surface area contributed by atoms with E-state index in [1.807, 2.05) is 19.1 Å². The van der Waals surface area contributed by atoms with Crippen LogP contribution in [0.3, 0.4) is 0 Å². The molecule has 8 heteroatoms. The molecule has 0 aliphatic carbocycles. The fourth-order valence-corrected chi connectivity index (χ4v) is 2.20. The minimum atomic E-state index is -0.698. The molecule has 1 aromatic carbocycles. The van der Waals surface area contributed by atoms with Crippen molar-refractivity contribution in [3.8, 4) is 0 Å². The van der Waals surface area contributed by atoms with Crippen LogP contribution >= 0.6 is 24.8 Å². The van der Waals surface area contributed by atoms with E-state index in [4.69, 9.17) is 5.73 Å². The molecule has 0 aliphatic heterocycles. The van der Waals surface area contributed by atoms with Crippen molar-refractivity contribution in [1.82, 2.24) is 15.6 Å². The van der Waals surface area contributed by atoms with Gasteiger partial charge in [-0.3, -0.25) is 14.6 Å². The van der Waals surface area contributed by atoms with Gasteiger partial charge in [-0.2, -0.15) is 0 Å². The van der Waals surface area contributed by atoms with Gasteiger partial charge < -0.3 is 16.4 Å². The number of nitrogens with one attached hydrogen (secondary N) is 2. The highest BCUT2D eigenvalue weighted by Crippen LogP contribution is 2.05. The fourth-order valence-electron chi connectivity index (χ4n) is 2.20. The van der Waals surface area contributed by atoms with Crippen LogP contribution in [0.2, 0.25) is 0 Å². The Morgan fingerprint density at radius 3 is 2.35 bits per heavy atom. The van der Waals surface area contributed by atoms with Crippen molar-refractivity contribution in [2.75, 3.05) is 6.54 Å². The Bertz CT molecular complexity index is 671. The van der Waals surface area contributed by atoms with E-state index in [2.05, 4.69) is 15.6 Å². The molecule has 0 fully saturated rings. The number of hydrogen-bond donors (Lipinski definition) is 3. The van der Waals surface area contributed by atoms with Crippen molar-refractivity contribution in [2.45, 2.75) is 25.4 Å². The van der Waals surface area contributed by atoms with E-state index in [0.717, 1.165) is 5.56 Å². The van der Waals surface area contributed by atoms with E-state index >= 15 is 0 Å². The van der Waals surface area contributed by atoms with Crippen LogP contribution in [-0.4, -0.2) is 35.4 Å². The number of rotatable bonds is 7. The molecule has 2 atom stereocenters.